The van der Waals surface area contributed by atoms with E-state index in [-0.39, 0.29) is 11.9 Å². The Morgan fingerprint density at radius 3 is 2.71 bits per heavy atom. The number of aromatic nitrogens is 3. The van der Waals surface area contributed by atoms with Gasteiger partial charge in [-0.15, -0.1) is 0 Å². The third-order valence-electron chi connectivity index (χ3n) is 4.93. The van der Waals surface area contributed by atoms with E-state index in [1.165, 1.54) is 19.3 Å². The highest BCUT2D eigenvalue weighted by Crippen LogP contribution is 2.21. The highest BCUT2D eigenvalue weighted by atomic mass is 16.1. The number of hydrogen-bond acceptors (Lipinski definition) is 5. The van der Waals surface area contributed by atoms with E-state index >= 15 is 0 Å². The molecule has 0 unspecified atom stereocenters. The van der Waals surface area contributed by atoms with E-state index in [1.807, 2.05) is 42.5 Å². The predicted octanol–water partition coefficient (Wildman–Crippen LogP) is 4.34. The Morgan fingerprint density at radius 2 is 1.89 bits per heavy atom. The first kappa shape index (κ1) is 18.1. The molecular formula is C22H23N5O. The smallest absolute Gasteiger partial charge is 0.251 e. The Labute approximate surface area is 164 Å². The molecule has 6 nitrogen and oxygen atoms in total. The Bertz CT molecular complexity index is 938. The Morgan fingerprint density at radius 1 is 1.00 bits per heavy atom. The van der Waals surface area contributed by atoms with Crippen LogP contribution in [0.25, 0.3) is 11.3 Å². The number of carbonyl (C=O) groups is 1. The molecule has 0 aliphatic heterocycles. The molecule has 4 rings (SSSR count). The van der Waals surface area contributed by atoms with E-state index in [9.17, 15) is 4.79 Å². The molecule has 0 bridgehead atoms. The summed E-state index contributed by atoms with van der Waals surface area (Å²) in [5, 5.41) is 6.34. The number of anilines is 2. The SMILES string of the molecule is O=C(NC1CCCCC1)c1cccc(Nc2nccc(-c3cccnc3)n2)c1. The van der Waals surface area contributed by atoms with Crippen molar-refractivity contribution in [1.29, 1.82) is 0 Å². The van der Waals surface area contributed by atoms with Gasteiger partial charge in [0, 0.05) is 41.4 Å². The van der Waals surface area contributed by atoms with Crippen molar-refractivity contribution in [2.45, 2.75) is 38.1 Å². The summed E-state index contributed by atoms with van der Waals surface area (Å²) in [5.41, 5.74) is 3.13. The van der Waals surface area contributed by atoms with Crippen molar-refractivity contribution in [2.24, 2.45) is 0 Å². The van der Waals surface area contributed by atoms with Gasteiger partial charge >= 0.3 is 0 Å². The molecule has 1 aliphatic rings. The minimum atomic E-state index is -0.0272. The van der Waals surface area contributed by atoms with Crippen molar-refractivity contribution in [1.82, 2.24) is 20.3 Å². The van der Waals surface area contributed by atoms with Crippen molar-refractivity contribution in [3.63, 3.8) is 0 Å². The fourth-order valence-corrected chi connectivity index (χ4v) is 3.48. The van der Waals surface area contributed by atoms with E-state index in [1.54, 1.807) is 18.6 Å². The second-order valence-corrected chi connectivity index (χ2v) is 7.02. The highest BCUT2D eigenvalue weighted by Gasteiger charge is 2.16. The van der Waals surface area contributed by atoms with Crippen LogP contribution in [-0.2, 0) is 0 Å². The van der Waals surface area contributed by atoms with Crippen LogP contribution in [0.5, 0.6) is 0 Å². The van der Waals surface area contributed by atoms with Gasteiger partial charge < -0.3 is 10.6 Å². The van der Waals surface area contributed by atoms with Gasteiger partial charge in [0.15, 0.2) is 0 Å². The highest BCUT2D eigenvalue weighted by molar-refractivity contribution is 5.95. The Hall–Kier alpha value is -3.28. The van der Waals surface area contributed by atoms with E-state index < -0.39 is 0 Å². The number of amides is 1. The van der Waals surface area contributed by atoms with Crippen molar-refractivity contribution in [3.8, 4) is 11.3 Å². The van der Waals surface area contributed by atoms with Crippen LogP contribution in [0.15, 0.2) is 61.1 Å². The van der Waals surface area contributed by atoms with Gasteiger partial charge in [-0.3, -0.25) is 9.78 Å². The van der Waals surface area contributed by atoms with Crippen molar-refractivity contribution >= 4 is 17.5 Å². The molecular weight excluding hydrogens is 350 g/mol. The average Bonchev–Trinajstić information content (AvgIpc) is 2.75. The number of nitrogens with one attached hydrogen (secondary N) is 2. The molecule has 0 radical (unpaired) electrons. The molecule has 1 fully saturated rings. The monoisotopic (exact) mass is 373 g/mol. The minimum absolute atomic E-state index is 0.0272. The van der Waals surface area contributed by atoms with Gasteiger partial charge in [-0.25, -0.2) is 9.97 Å². The van der Waals surface area contributed by atoms with Crippen LogP contribution in [0.2, 0.25) is 0 Å². The molecule has 0 atom stereocenters. The quantitative estimate of drug-likeness (QED) is 0.695. The zero-order chi connectivity index (χ0) is 19.2. The largest absolute Gasteiger partial charge is 0.349 e. The first-order valence-corrected chi connectivity index (χ1v) is 9.69. The third kappa shape index (κ3) is 4.52. The minimum Gasteiger partial charge on any atom is -0.349 e. The van der Waals surface area contributed by atoms with Crippen LogP contribution in [0.4, 0.5) is 11.6 Å². The lowest BCUT2D eigenvalue weighted by Gasteiger charge is -2.22. The fraction of sp³-hybridized carbons (Fsp3) is 0.273. The van der Waals surface area contributed by atoms with Gasteiger partial charge in [0.1, 0.15) is 0 Å². The molecule has 2 aromatic heterocycles. The van der Waals surface area contributed by atoms with Crippen LogP contribution < -0.4 is 10.6 Å². The molecule has 2 heterocycles. The zero-order valence-corrected chi connectivity index (χ0v) is 15.6. The molecule has 1 aliphatic carbocycles. The summed E-state index contributed by atoms with van der Waals surface area (Å²) in [7, 11) is 0. The molecule has 0 spiro atoms. The van der Waals surface area contributed by atoms with Gasteiger partial charge in [0.05, 0.1) is 5.69 Å². The number of nitrogens with zero attached hydrogens (tertiary/aromatic N) is 3. The molecule has 6 heteroatoms. The van der Waals surface area contributed by atoms with Gasteiger partial charge in [0.2, 0.25) is 5.95 Å². The molecule has 2 N–H and O–H groups in total. The van der Waals surface area contributed by atoms with Crippen molar-refractivity contribution in [2.75, 3.05) is 5.32 Å². The molecule has 142 valence electrons. The van der Waals surface area contributed by atoms with E-state index in [0.29, 0.717) is 11.5 Å². The average molecular weight is 373 g/mol. The fourth-order valence-electron chi connectivity index (χ4n) is 3.48. The summed E-state index contributed by atoms with van der Waals surface area (Å²) in [6.45, 7) is 0. The molecule has 1 amide bonds. The van der Waals surface area contributed by atoms with Crippen LogP contribution in [0, 0.1) is 0 Å². The molecule has 1 aromatic carbocycles. The maximum absolute atomic E-state index is 12.6. The lowest BCUT2D eigenvalue weighted by Crippen LogP contribution is -2.36. The van der Waals surface area contributed by atoms with Gasteiger partial charge in [0.25, 0.3) is 5.91 Å². The van der Waals surface area contributed by atoms with Crippen LogP contribution in [-0.4, -0.2) is 26.9 Å². The number of carbonyl (C=O) groups excluding carboxylic acids is 1. The first-order chi connectivity index (χ1) is 13.8. The number of hydrogen-bond donors (Lipinski definition) is 2. The molecule has 28 heavy (non-hydrogen) atoms. The number of rotatable bonds is 5. The lowest BCUT2D eigenvalue weighted by atomic mass is 9.95. The predicted molar refractivity (Wildman–Crippen MR) is 109 cm³/mol. The summed E-state index contributed by atoms with van der Waals surface area (Å²) in [6, 6.07) is 13.4. The summed E-state index contributed by atoms with van der Waals surface area (Å²) < 4.78 is 0. The topological polar surface area (TPSA) is 79.8 Å². The van der Waals surface area contributed by atoms with Crippen molar-refractivity contribution in [3.05, 3.63) is 66.6 Å². The summed E-state index contributed by atoms with van der Waals surface area (Å²) >= 11 is 0. The van der Waals surface area contributed by atoms with E-state index in [2.05, 4.69) is 25.6 Å². The van der Waals surface area contributed by atoms with Gasteiger partial charge in [-0.2, -0.15) is 0 Å². The maximum Gasteiger partial charge on any atom is 0.251 e. The Balaban J connectivity index is 1.47. The lowest BCUT2D eigenvalue weighted by molar-refractivity contribution is 0.0928. The second kappa shape index (κ2) is 8.61. The second-order valence-electron chi connectivity index (χ2n) is 7.02. The Kier molecular flexibility index (Phi) is 5.56. The number of pyridine rings is 1. The van der Waals surface area contributed by atoms with Crippen LogP contribution in [0.1, 0.15) is 42.5 Å². The van der Waals surface area contributed by atoms with Crippen molar-refractivity contribution < 1.29 is 4.79 Å². The van der Waals surface area contributed by atoms with Gasteiger partial charge in [-0.1, -0.05) is 25.3 Å². The molecule has 1 saturated carbocycles. The van der Waals surface area contributed by atoms with E-state index in [0.717, 1.165) is 29.8 Å². The maximum atomic E-state index is 12.6. The summed E-state index contributed by atoms with van der Waals surface area (Å²) in [6.07, 6.45) is 11.0. The third-order valence-corrected chi connectivity index (χ3v) is 4.93. The normalized spacial score (nSPS) is 14.4. The van der Waals surface area contributed by atoms with Crippen LogP contribution in [0.3, 0.4) is 0 Å². The first-order valence-electron chi connectivity index (χ1n) is 9.69. The van der Waals surface area contributed by atoms with Gasteiger partial charge in [-0.05, 0) is 49.2 Å². The van der Waals surface area contributed by atoms with E-state index in [4.69, 9.17) is 0 Å². The zero-order valence-electron chi connectivity index (χ0n) is 15.6. The summed E-state index contributed by atoms with van der Waals surface area (Å²) in [5.74, 6) is 0.451. The van der Waals surface area contributed by atoms with Crippen LogP contribution >= 0.6 is 0 Å². The summed E-state index contributed by atoms with van der Waals surface area (Å²) in [4.78, 5) is 25.5. The molecule has 3 aromatic rings. The number of benzene rings is 1. The molecule has 0 saturated heterocycles. The standard InChI is InChI=1S/C22H23N5O/c28-21(25-18-8-2-1-3-9-18)16-6-4-10-19(14-16)26-22-24-13-11-20(27-22)17-7-5-12-23-15-17/h4-7,10-15,18H,1-3,8-9H2,(H,25,28)(H,24,26,27).